The zero-order valence-electron chi connectivity index (χ0n) is 10.9. The first-order chi connectivity index (χ1) is 9.38. The summed E-state index contributed by atoms with van der Waals surface area (Å²) in [6.07, 6.45) is 1.08. The minimum Gasteiger partial charge on any atom is -0.454 e. The van der Waals surface area contributed by atoms with Crippen LogP contribution in [0, 0.1) is 0 Å². The minimum absolute atomic E-state index is 0.328. The van der Waals surface area contributed by atoms with Gasteiger partial charge in [0.15, 0.2) is 11.5 Å². The lowest BCUT2D eigenvalue weighted by molar-refractivity contribution is 0.173. The second kappa shape index (κ2) is 5.63. The summed E-state index contributed by atoms with van der Waals surface area (Å²) >= 11 is 1.80. The summed E-state index contributed by atoms with van der Waals surface area (Å²) in [5.41, 5.74) is 1.16. The highest BCUT2D eigenvalue weighted by atomic mass is 32.1. The molecule has 0 saturated carbocycles. The molecule has 0 aliphatic carbocycles. The van der Waals surface area contributed by atoms with Crippen LogP contribution >= 0.6 is 11.3 Å². The van der Waals surface area contributed by atoms with Gasteiger partial charge in [0.25, 0.3) is 0 Å². The summed E-state index contributed by atoms with van der Waals surface area (Å²) in [7, 11) is 0. The molecular weight excluding hydrogens is 258 g/mol. The van der Waals surface area contributed by atoms with Gasteiger partial charge in [0, 0.05) is 23.0 Å². The molecule has 3 rings (SSSR count). The molecule has 19 heavy (non-hydrogen) atoms. The highest BCUT2D eigenvalue weighted by Gasteiger charge is 2.18. The van der Waals surface area contributed by atoms with Crippen molar-refractivity contribution in [1.82, 2.24) is 5.32 Å². The third-order valence-corrected chi connectivity index (χ3v) is 4.30. The lowest BCUT2D eigenvalue weighted by atomic mass is 10.1. The van der Waals surface area contributed by atoms with Crippen LogP contribution in [0.25, 0.3) is 0 Å². The van der Waals surface area contributed by atoms with E-state index >= 15 is 0 Å². The quantitative estimate of drug-likeness (QED) is 0.902. The van der Waals surface area contributed by atoms with Crippen molar-refractivity contribution in [3.63, 3.8) is 0 Å². The molecule has 0 bridgehead atoms. The molecular formula is C15H17NO2S. The lowest BCUT2D eigenvalue weighted by Gasteiger charge is -2.16. The monoisotopic (exact) mass is 275 g/mol. The first-order valence-corrected chi connectivity index (χ1v) is 7.40. The summed E-state index contributed by atoms with van der Waals surface area (Å²) in [6, 6.07) is 10.7. The molecule has 1 aliphatic rings. The Labute approximate surface area is 117 Å². The van der Waals surface area contributed by atoms with E-state index in [1.807, 2.05) is 12.1 Å². The molecule has 0 saturated heterocycles. The Bertz CT molecular complexity index is 539. The Morgan fingerprint density at radius 2 is 2.21 bits per heavy atom. The number of hydrogen-bond donors (Lipinski definition) is 1. The number of benzene rings is 1. The molecule has 0 fully saturated rings. The van der Waals surface area contributed by atoms with Crippen LogP contribution in [0.2, 0.25) is 0 Å². The van der Waals surface area contributed by atoms with Crippen LogP contribution in [-0.4, -0.2) is 6.79 Å². The zero-order valence-corrected chi connectivity index (χ0v) is 11.7. The Kier molecular flexibility index (Phi) is 3.71. The molecule has 2 heterocycles. The van der Waals surface area contributed by atoms with Crippen molar-refractivity contribution in [2.75, 3.05) is 6.79 Å². The van der Waals surface area contributed by atoms with Crippen LogP contribution < -0.4 is 14.8 Å². The predicted octanol–water partition coefficient (Wildman–Crippen LogP) is 3.72. The van der Waals surface area contributed by atoms with Crippen molar-refractivity contribution < 1.29 is 9.47 Å². The lowest BCUT2D eigenvalue weighted by Crippen LogP contribution is -2.19. The van der Waals surface area contributed by atoms with Crippen LogP contribution in [0.15, 0.2) is 35.7 Å². The third kappa shape index (κ3) is 2.60. The van der Waals surface area contributed by atoms with Crippen LogP contribution in [0.4, 0.5) is 0 Å². The molecule has 0 radical (unpaired) electrons. The van der Waals surface area contributed by atoms with E-state index in [-0.39, 0.29) is 0 Å². The standard InChI is InChI=1S/C15H17NO2S/c1-2-12(14-7-4-8-19-14)16-9-11-5-3-6-13-15(11)18-10-17-13/h3-8,12,16H,2,9-10H2,1H3. The van der Waals surface area contributed by atoms with Crippen molar-refractivity contribution >= 4 is 11.3 Å². The van der Waals surface area contributed by atoms with Crippen molar-refractivity contribution in [2.24, 2.45) is 0 Å². The Balaban J connectivity index is 1.71. The number of fused-ring (bicyclic) bond motifs is 1. The molecule has 0 amide bonds. The molecule has 4 heteroatoms. The van der Waals surface area contributed by atoms with Gasteiger partial charge in [-0.25, -0.2) is 0 Å². The molecule has 1 unspecified atom stereocenters. The molecule has 2 aromatic rings. The van der Waals surface area contributed by atoms with E-state index in [0.29, 0.717) is 12.8 Å². The van der Waals surface area contributed by atoms with E-state index in [2.05, 4.69) is 35.8 Å². The first-order valence-electron chi connectivity index (χ1n) is 6.52. The van der Waals surface area contributed by atoms with Gasteiger partial charge in [-0.2, -0.15) is 0 Å². The maximum absolute atomic E-state index is 5.53. The molecule has 1 aliphatic heterocycles. The van der Waals surface area contributed by atoms with E-state index in [4.69, 9.17) is 9.47 Å². The summed E-state index contributed by atoms with van der Waals surface area (Å²) in [6.45, 7) is 3.32. The first kappa shape index (κ1) is 12.5. The summed E-state index contributed by atoms with van der Waals surface area (Å²) in [4.78, 5) is 1.38. The van der Waals surface area contributed by atoms with E-state index in [1.165, 1.54) is 4.88 Å². The average Bonchev–Trinajstić information content (AvgIpc) is 3.10. The highest BCUT2D eigenvalue weighted by Crippen LogP contribution is 2.35. The fourth-order valence-electron chi connectivity index (χ4n) is 2.30. The normalized spacial score (nSPS) is 14.6. The minimum atomic E-state index is 0.328. The largest absolute Gasteiger partial charge is 0.454 e. The molecule has 1 atom stereocenters. The van der Waals surface area contributed by atoms with Crippen molar-refractivity contribution in [1.29, 1.82) is 0 Å². The summed E-state index contributed by atoms with van der Waals surface area (Å²) < 4.78 is 10.9. The zero-order chi connectivity index (χ0) is 13.1. The van der Waals surface area contributed by atoms with Gasteiger partial charge < -0.3 is 14.8 Å². The molecule has 0 spiro atoms. The predicted molar refractivity (Wildman–Crippen MR) is 76.8 cm³/mol. The van der Waals surface area contributed by atoms with Gasteiger partial charge in [-0.15, -0.1) is 11.3 Å². The van der Waals surface area contributed by atoms with Gasteiger partial charge in [-0.1, -0.05) is 25.1 Å². The van der Waals surface area contributed by atoms with Crippen LogP contribution in [0.5, 0.6) is 11.5 Å². The smallest absolute Gasteiger partial charge is 0.231 e. The van der Waals surface area contributed by atoms with E-state index in [9.17, 15) is 0 Å². The van der Waals surface area contributed by atoms with E-state index in [1.54, 1.807) is 11.3 Å². The van der Waals surface area contributed by atoms with Crippen molar-refractivity contribution in [2.45, 2.75) is 25.9 Å². The average molecular weight is 275 g/mol. The maximum Gasteiger partial charge on any atom is 0.231 e. The molecule has 100 valence electrons. The van der Waals surface area contributed by atoms with E-state index in [0.717, 1.165) is 30.0 Å². The van der Waals surface area contributed by atoms with Gasteiger partial charge in [0.05, 0.1) is 0 Å². The molecule has 1 aromatic heterocycles. The second-order valence-electron chi connectivity index (χ2n) is 4.51. The van der Waals surface area contributed by atoms with Gasteiger partial charge in [-0.05, 0) is 23.9 Å². The molecule has 1 N–H and O–H groups in total. The second-order valence-corrected chi connectivity index (χ2v) is 5.49. The Morgan fingerprint density at radius 3 is 3.00 bits per heavy atom. The van der Waals surface area contributed by atoms with Gasteiger partial charge in [-0.3, -0.25) is 0 Å². The Morgan fingerprint density at radius 1 is 1.26 bits per heavy atom. The van der Waals surface area contributed by atoms with E-state index < -0.39 is 0 Å². The van der Waals surface area contributed by atoms with Crippen LogP contribution in [0.3, 0.4) is 0 Å². The fourth-order valence-corrected chi connectivity index (χ4v) is 3.18. The Hall–Kier alpha value is -1.52. The van der Waals surface area contributed by atoms with Gasteiger partial charge >= 0.3 is 0 Å². The van der Waals surface area contributed by atoms with Gasteiger partial charge in [0.2, 0.25) is 6.79 Å². The highest BCUT2D eigenvalue weighted by molar-refractivity contribution is 7.10. The number of rotatable bonds is 5. The number of nitrogens with one attached hydrogen (secondary N) is 1. The number of para-hydroxylation sites is 1. The topological polar surface area (TPSA) is 30.5 Å². The summed E-state index contributed by atoms with van der Waals surface area (Å²) in [5, 5.41) is 5.71. The number of ether oxygens (including phenoxy) is 2. The van der Waals surface area contributed by atoms with Crippen molar-refractivity contribution in [3.8, 4) is 11.5 Å². The molecule has 3 nitrogen and oxygen atoms in total. The fraction of sp³-hybridized carbons (Fsp3) is 0.333. The van der Waals surface area contributed by atoms with Crippen molar-refractivity contribution in [3.05, 3.63) is 46.2 Å². The third-order valence-electron chi connectivity index (χ3n) is 3.31. The van der Waals surface area contributed by atoms with Crippen LogP contribution in [0.1, 0.15) is 29.8 Å². The maximum atomic E-state index is 5.53. The molecule has 1 aromatic carbocycles. The number of thiophene rings is 1. The van der Waals surface area contributed by atoms with Crippen LogP contribution in [-0.2, 0) is 6.54 Å². The number of hydrogen-bond acceptors (Lipinski definition) is 4. The SMILES string of the molecule is CCC(NCc1cccc2c1OCO2)c1cccs1. The summed E-state index contributed by atoms with van der Waals surface area (Å²) in [5.74, 6) is 1.74. The van der Waals surface area contributed by atoms with Gasteiger partial charge in [0.1, 0.15) is 0 Å².